The molecule has 3 heterocycles. The summed E-state index contributed by atoms with van der Waals surface area (Å²) in [6, 6.07) is 6.77. The summed E-state index contributed by atoms with van der Waals surface area (Å²) >= 11 is 1.05. The van der Waals surface area contributed by atoms with Gasteiger partial charge in [-0.2, -0.15) is 8.42 Å². The molecule has 0 unspecified atom stereocenters. The van der Waals surface area contributed by atoms with Gasteiger partial charge in [0.2, 0.25) is 10.0 Å². The Bertz CT molecular complexity index is 1650. The van der Waals surface area contributed by atoms with Crippen LogP contribution in [0.4, 0.5) is 5.00 Å². The van der Waals surface area contributed by atoms with Crippen LogP contribution in [-0.4, -0.2) is 44.8 Å². The lowest BCUT2D eigenvalue weighted by Gasteiger charge is -2.20. The Kier molecular flexibility index (Phi) is 6.31. The maximum Gasteiger partial charge on any atom is 0.287 e. The molecular formula is C22H25N5O6S3. The third-order valence-corrected chi connectivity index (χ3v) is 10.0. The van der Waals surface area contributed by atoms with Crippen molar-refractivity contribution in [1.82, 2.24) is 9.40 Å². The second-order valence-corrected chi connectivity index (χ2v) is 13.1. The molecule has 3 aromatic rings. The van der Waals surface area contributed by atoms with Crippen molar-refractivity contribution in [1.29, 1.82) is 0 Å². The monoisotopic (exact) mass is 551 g/mol. The van der Waals surface area contributed by atoms with Crippen molar-refractivity contribution >= 4 is 53.1 Å². The van der Waals surface area contributed by atoms with Crippen molar-refractivity contribution in [2.24, 2.45) is 10.3 Å². The number of aromatic hydroxyl groups is 1. The first-order valence-electron chi connectivity index (χ1n) is 11.4. The fourth-order valence-electron chi connectivity index (χ4n) is 4.05. The molecule has 0 saturated heterocycles. The minimum atomic E-state index is -4.30. The van der Waals surface area contributed by atoms with Gasteiger partial charge in [-0.05, 0) is 42.7 Å². The minimum absolute atomic E-state index is 0.0745. The lowest BCUT2D eigenvalue weighted by atomic mass is 10.1. The highest BCUT2D eigenvalue weighted by Crippen LogP contribution is 2.38. The van der Waals surface area contributed by atoms with Gasteiger partial charge in [0.05, 0.1) is 11.3 Å². The van der Waals surface area contributed by atoms with Gasteiger partial charge in [-0.1, -0.05) is 19.1 Å². The van der Waals surface area contributed by atoms with Crippen LogP contribution in [0.2, 0.25) is 0 Å². The van der Waals surface area contributed by atoms with Crippen LogP contribution < -0.4 is 21.0 Å². The van der Waals surface area contributed by atoms with Gasteiger partial charge in [-0.3, -0.25) is 4.79 Å². The fraction of sp³-hybridized carbons (Fsp3) is 0.364. The molecule has 11 nitrogen and oxygen atoms in total. The van der Waals surface area contributed by atoms with Crippen LogP contribution in [0.1, 0.15) is 37.3 Å². The van der Waals surface area contributed by atoms with Crippen molar-refractivity contribution in [2.45, 2.75) is 37.6 Å². The molecule has 4 N–H and O–H groups in total. The number of hydrogen-bond donors (Lipinski definition) is 4. The van der Waals surface area contributed by atoms with E-state index in [-0.39, 0.29) is 44.9 Å². The molecule has 0 radical (unpaired) electrons. The summed E-state index contributed by atoms with van der Waals surface area (Å²) in [5.74, 6) is -0.290. The number of amidine groups is 1. The van der Waals surface area contributed by atoms with Crippen molar-refractivity contribution in [3.63, 3.8) is 0 Å². The zero-order chi connectivity index (χ0) is 25.7. The molecule has 2 aromatic heterocycles. The first kappa shape index (κ1) is 24.7. The summed E-state index contributed by atoms with van der Waals surface area (Å²) in [5, 5.41) is 16.0. The van der Waals surface area contributed by atoms with E-state index in [0.29, 0.717) is 29.8 Å². The average Bonchev–Trinajstić information content (AvgIpc) is 3.54. The first-order valence-corrected chi connectivity index (χ1v) is 15.4. The van der Waals surface area contributed by atoms with Crippen LogP contribution in [-0.2, 0) is 26.6 Å². The highest BCUT2D eigenvalue weighted by atomic mass is 32.2. The predicted octanol–water partition coefficient (Wildman–Crippen LogP) is 2.11. The van der Waals surface area contributed by atoms with Crippen LogP contribution in [0.25, 0.3) is 10.9 Å². The fourth-order valence-corrected chi connectivity index (χ4v) is 7.71. The number of benzene rings is 1. The quantitative estimate of drug-likeness (QED) is 0.315. The van der Waals surface area contributed by atoms with Gasteiger partial charge < -0.3 is 15.8 Å². The molecule has 1 saturated carbocycles. The van der Waals surface area contributed by atoms with Gasteiger partial charge in [-0.15, -0.1) is 15.7 Å². The second kappa shape index (κ2) is 9.18. The van der Waals surface area contributed by atoms with Gasteiger partial charge in [0.25, 0.3) is 15.6 Å². The topological polar surface area (TPSA) is 159 Å². The third kappa shape index (κ3) is 4.61. The van der Waals surface area contributed by atoms with Crippen LogP contribution in [0.15, 0.2) is 43.7 Å². The van der Waals surface area contributed by atoms with Crippen LogP contribution >= 0.6 is 11.3 Å². The second-order valence-electron chi connectivity index (χ2n) is 8.79. The molecular weight excluding hydrogens is 526 g/mol. The first-order chi connectivity index (χ1) is 17.1. The van der Waals surface area contributed by atoms with Gasteiger partial charge in [0, 0.05) is 24.0 Å². The lowest BCUT2D eigenvalue weighted by Crippen LogP contribution is -2.37. The maximum atomic E-state index is 13.5. The van der Waals surface area contributed by atoms with E-state index >= 15 is 0 Å². The van der Waals surface area contributed by atoms with Gasteiger partial charge >= 0.3 is 0 Å². The van der Waals surface area contributed by atoms with Crippen LogP contribution in [0.3, 0.4) is 0 Å². The van der Waals surface area contributed by atoms with E-state index in [1.807, 2.05) is 0 Å². The van der Waals surface area contributed by atoms with E-state index < -0.39 is 25.6 Å². The Hall–Kier alpha value is -2.94. The molecule has 1 fully saturated rings. The summed E-state index contributed by atoms with van der Waals surface area (Å²) in [5.41, 5.74) is 2.90. The maximum absolute atomic E-state index is 13.5. The smallest absolute Gasteiger partial charge is 0.287 e. The summed E-state index contributed by atoms with van der Waals surface area (Å²) in [6.45, 7) is 2.09. The number of sulfonamides is 2. The lowest BCUT2D eigenvalue weighted by molar-refractivity contribution is 0.478. The number of thiophene rings is 1. The van der Waals surface area contributed by atoms with E-state index in [1.165, 1.54) is 10.1 Å². The minimum Gasteiger partial charge on any atom is -0.506 e. The molecule has 0 spiro atoms. The average molecular weight is 552 g/mol. The number of hydrogen-bond acceptors (Lipinski definition) is 9. The number of aromatic nitrogens is 1. The van der Waals surface area contributed by atoms with E-state index in [4.69, 9.17) is 0 Å². The molecule has 1 aliphatic heterocycles. The normalized spacial score (nSPS) is 16.9. The summed E-state index contributed by atoms with van der Waals surface area (Å²) < 4.78 is 58.0. The van der Waals surface area contributed by atoms with Crippen LogP contribution in [0, 0.1) is 5.92 Å². The molecule has 2 aliphatic rings. The Balaban J connectivity index is 1.56. The molecule has 0 amide bonds. The molecule has 0 bridgehead atoms. The van der Waals surface area contributed by atoms with E-state index in [2.05, 4.69) is 19.9 Å². The number of anilines is 1. The van der Waals surface area contributed by atoms with E-state index in [1.54, 1.807) is 31.2 Å². The van der Waals surface area contributed by atoms with Crippen molar-refractivity contribution in [3.05, 3.63) is 51.1 Å². The number of nitrogens with zero attached hydrogens (tertiary/aromatic N) is 2. The van der Waals surface area contributed by atoms with Gasteiger partial charge in [0.1, 0.15) is 21.2 Å². The SMILES string of the molecule is CCCS(=O)(=O)NCc1csc2c1S(=O)(=O)N=C(c1c(O)c3ccccc3n(NCC3CC3)c1=O)N2. The third-order valence-electron chi connectivity index (χ3n) is 6.00. The Morgan fingerprint density at radius 2 is 2.03 bits per heavy atom. The van der Waals surface area contributed by atoms with Crippen molar-refractivity contribution in [2.75, 3.05) is 23.0 Å². The predicted molar refractivity (Wildman–Crippen MR) is 139 cm³/mol. The molecule has 0 atom stereocenters. The van der Waals surface area contributed by atoms with Crippen molar-refractivity contribution < 1.29 is 21.9 Å². The van der Waals surface area contributed by atoms with Gasteiger partial charge in [-0.25, -0.2) is 17.8 Å². The standard InChI is InChI=1S/C22H25N5O6S3/c1-2-9-35(30,31)24-11-14-12-34-21-19(14)36(32,33)26-20(25-21)17-18(28)15-5-3-4-6-16(15)27(22(17)29)23-10-13-7-8-13/h3-6,12-13,23-24,28H,2,7-11H2,1H3,(H,25,26). The zero-order valence-electron chi connectivity index (χ0n) is 19.3. The molecule has 192 valence electrons. The number of nitrogens with one attached hydrogen (secondary N) is 3. The zero-order valence-corrected chi connectivity index (χ0v) is 21.8. The highest BCUT2D eigenvalue weighted by Gasteiger charge is 2.34. The highest BCUT2D eigenvalue weighted by molar-refractivity contribution is 7.91. The molecule has 1 aromatic carbocycles. The summed E-state index contributed by atoms with van der Waals surface area (Å²) in [6.07, 6.45) is 2.55. The van der Waals surface area contributed by atoms with Crippen molar-refractivity contribution in [3.8, 4) is 5.75 Å². The Labute approximate surface area is 212 Å². The van der Waals surface area contributed by atoms with Gasteiger partial charge in [0.15, 0.2) is 5.84 Å². The molecule has 14 heteroatoms. The number of pyridine rings is 1. The van der Waals surface area contributed by atoms with E-state index in [0.717, 1.165) is 24.2 Å². The number of rotatable bonds is 9. The largest absolute Gasteiger partial charge is 0.506 e. The Morgan fingerprint density at radius 1 is 1.28 bits per heavy atom. The molecule has 5 rings (SSSR count). The summed E-state index contributed by atoms with van der Waals surface area (Å²) in [7, 11) is -7.85. The Morgan fingerprint density at radius 3 is 2.75 bits per heavy atom. The van der Waals surface area contributed by atoms with Crippen LogP contribution in [0.5, 0.6) is 5.75 Å². The van der Waals surface area contributed by atoms with E-state index in [9.17, 15) is 26.7 Å². The number of fused-ring (bicyclic) bond motifs is 2. The summed E-state index contributed by atoms with van der Waals surface area (Å²) in [4.78, 5) is 13.3. The number of para-hydroxylation sites is 1. The molecule has 36 heavy (non-hydrogen) atoms. The molecule has 1 aliphatic carbocycles.